The topological polar surface area (TPSA) is 45.7 Å². The lowest BCUT2D eigenvalue weighted by Crippen LogP contribution is -2.33. The summed E-state index contributed by atoms with van der Waals surface area (Å²) in [6, 6.07) is 16.1. The molecule has 0 fully saturated rings. The molecule has 0 bridgehead atoms. The summed E-state index contributed by atoms with van der Waals surface area (Å²) >= 11 is 1.55. The number of thiazole rings is 1. The highest BCUT2D eigenvalue weighted by molar-refractivity contribution is 7.22. The van der Waals surface area contributed by atoms with E-state index in [0.29, 0.717) is 19.6 Å². The molecular weight excluding hydrogens is 382 g/mol. The fourth-order valence-electron chi connectivity index (χ4n) is 3.17. The van der Waals surface area contributed by atoms with E-state index in [9.17, 15) is 4.79 Å². The Morgan fingerprint density at radius 1 is 1.10 bits per heavy atom. The van der Waals surface area contributed by atoms with Crippen LogP contribution in [0.2, 0.25) is 0 Å². The van der Waals surface area contributed by atoms with Crippen molar-refractivity contribution in [1.82, 2.24) is 9.88 Å². The Kier molecular flexibility index (Phi) is 7.61. The summed E-state index contributed by atoms with van der Waals surface area (Å²) in [7, 11) is 4.10. The van der Waals surface area contributed by atoms with Gasteiger partial charge in [-0.1, -0.05) is 41.7 Å². The molecule has 0 aliphatic heterocycles. The highest BCUT2D eigenvalue weighted by Crippen LogP contribution is 2.32. The zero-order chi connectivity index (χ0) is 20.6. The van der Waals surface area contributed by atoms with E-state index in [0.717, 1.165) is 40.5 Å². The monoisotopic (exact) mass is 411 g/mol. The molecule has 0 aliphatic rings. The Bertz CT molecular complexity index is 924. The van der Waals surface area contributed by atoms with Gasteiger partial charge in [0.25, 0.3) is 0 Å². The van der Waals surface area contributed by atoms with Gasteiger partial charge in [0.15, 0.2) is 5.13 Å². The van der Waals surface area contributed by atoms with Gasteiger partial charge in [0.05, 0.1) is 16.8 Å². The minimum atomic E-state index is 0.122. The molecule has 29 heavy (non-hydrogen) atoms. The third kappa shape index (κ3) is 6.02. The van der Waals surface area contributed by atoms with Crippen molar-refractivity contribution in [3.8, 4) is 5.75 Å². The quantitative estimate of drug-likeness (QED) is 0.489. The van der Waals surface area contributed by atoms with Crippen molar-refractivity contribution < 1.29 is 9.53 Å². The van der Waals surface area contributed by atoms with Crippen LogP contribution in [0, 0.1) is 0 Å². The van der Waals surface area contributed by atoms with Gasteiger partial charge in [-0.3, -0.25) is 9.69 Å². The minimum absolute atomic E-state index is 0.122. The number of benzene rings is 2. The van der Waals surface area contributed by atoms with E-state index < -0.39 is 0 Å². The molecule has 0 radical (unpaired) electrons. The van der Waals surface area contributed by atoms with E-state index >= 15 is 0 Å². The fraction of sp³-hybridized carbons (Fsp3) is 0.391. The molecule has 0 atom stereocenters. The van der Waals surface area contributed by atoms with Crippen molar-refractivity contribution in [1.29, 1.82) is 0 Å². The maximum atomic E-state index is 13.1. The molecule has 0 aliphatic carbocycles. The molecule has 0 saturated heterocycles. The number of nitrogens with zero attached hydrogens (tertiary/aromatic N) is 3. The van der Waals surface area contributed by atoms with Crippen LogP contribution in [0.4, 0.5) is 5.13 Å². The molecule has 0 N–H and O–H groups in total. The van der Waals surface area contributed by atoms with Crippen LogP contribution in [0.5, 0.6) is 5.75 Å². The molecule has 154 valence electrons. The normalized spacial score (nSPS) is 11.2. The molecule has 3 aromatic rings. The molecule has 0 unspecified atom stereocenters. The van der Waals surface area contributed by atoms with E-state index in [1.54, 1.807) is 11.3 Å². The maximum absolute atomic E-state index is 13.1. The standard InChI is InChI=1S/C23H29N3O2S/c1-4-28-19-12-13-20-21(17-19)29-23(24-20)26(16-8-15-25(2)3)22(27)14-11-18-9-6-5-7-10-18/h5-7,9-10,12-13,17H,4,8,11,14-16H2,1-3H3. The molecule has 2 aromatic carbocycles. The summed E-state index contributed by atoms with van der Waals surface area (Å²) in [5, 5.41) is 0.769. The fourth-order valence-corrected chi connectivity index (χ4v) is 4.20. The first-order chi connectivity index (χ1) is 14.1. The molecule has 1 amide bonds. The largest absolute Gasteiger partial charge is 0.494 e. The van der Waals surface area contributed by atoms with Gasteiger partial charge in [-0.05, 0) is 64.2 Å². The zero-order valence-corrected chi connectivity index (χ0v) is 18.2. The summed E-state index contributed by atoms with van der Waals surface area (Å²) in [5.74, 6) is 0.960. The van der Waals surface area contributed by atoms with Gasteiger partial charge in [0.2, 0.25) is 5.91 Å². The second-order valence-electron chi connectivity index (χ2n) is 7.25. The van der Waals surface area contributed by atoms with Crippen LogP contribution in [-0.4, -0.2) is 49.6 Å². The summed E-state index contributed by atoms with van der Waals surface area (Å²) in [6.07, 6.45) is 2.12. The number of rotatable bonds is 10. The number of carbonyl (C=O) groups is 1. The number of hydrogen-bond acceptors (Lipinski definition) is 5. The van der Waals surface area contributed by atoms with Crippen LogP contribution in [0.25, 0.3) is 10.2 Å². The average Bonchev–Trinajstić information content (AvgIpc) is 3.13. The van der Waals surface area contributed by atoms with Gasteiger partial charge in [-0.2, -0.15) is 0 Å². The number of aryl methyl sites for hydroxylation is 1. The number of aromatic nitrogens is 1. The Morgan fingerprint density at radius 3 is 2.62 bits per heavy atom. The average molecular weight is 412 g/mol. The molecule has 5 nitrogen and oxygen atoms in total. The summed E-state index contributed by atoms with van der Waals surface area (Å²) in [4.78, 5) is 21.8. The van der Waals surface area contributed by atoms with Crippen LogP contribution in [0.3, 0.4) is 0 Å². The van der Waals surface area contributed by atoms with Crippen LogP contribution < -0.4 is 9.64 Å². The third-order valence-electron chi connectivity index (χ3n) is 4.65. The minimum Gasteiger partial charge on any atom is -0.494 e. The second-order valence-corrected chi connectivity index (χ2v) is 8.26. The number of amides is 1. The van der Waals surface area contributed by atoms with Crippen LogP contribution in [0.15, 0.2) is 48.5 Å². The molecular formula is C23H29N3O2S. The Balaban J connectivity index is 1.78. The van der Waals surface area contributed by atoms with Crippen molar-refractivity contribution in [3.63, 3.8) is 0 Å². The van der Waals surface area contributed by atoms with Crippen LogP contribution in [-0.2, 0) is 11.2 Å². The second kappa shape index (κ2) is 10.4. The Hall–Kier alpha value is -2.44. The van der Waals surface area contributed by atoms with E-state index in [2.05, 4.69) is 31.1 Å². The Labute approximate surface area is 176 Å². The molecule has 0 saturated carbocycles. The van der Waals surface area contributed by atoms with Crippen LogP contribution in [0.1, 0.15) is 25.3 Å². The van der Waals surface area contributed by atoms with Gasteiger partial charge in [-0.15, -0.1) is 0 Å². The van der Waals surface area contributed by atoms with E-state index in [1.165, 1.54) is 5.56 Å². The first-order valence-electron chi connectivity index (χ1n) is 10.1. The summed E-state index contributed by atoms with van der Waals surface area (Å²) in [6.45, 7) is 4.21. The van der Waals surface area contributed by atoms with Gasteiger partial charge in [0, 0.05) is 13.0 Å². The molecule has 0 spiro atoms. The van der Waals surface area contributed by atoms with Gasteiger partial charge < -0.3 is 9.64 Å². The number of anilines is 1. The van der Waals surface area contributed by atoms with Gasteiger partial charge in [0.1, 0.15) is 5.75 Å². The van der Waals surface area contributed by atoms with E-state index in [-0.39, 0.29) is 5.91 Å². The van der Waals surface area contributed by atoms with Crippen molar-refractivity contribution >= 4 is 32.6 Å². The van der Waals surface area contributed by atoms with Crippen molar-refractivity contribution in [2.24, 2.45) is 0 Å². The lowest BCUT2D eigenvalue weighted by Gasteiger charge is -2.21. The molecule has 1 aromatic heterocycles. The number of carbonyl (C=O) groups excluding carboxylic acids is 1. The number of fused-ring (bicyclic) bond motifs is 1. The van der Waals surface area contributed by atoms with E-state index in [4.69, 9.17) is 9.72 Å². The highest BCUT2D eigenvalue weighted by Gasteiger charge is 2.19. The van der Waals surface area contributed by atoms with Gasteiger partial charge >= 0.3 is 0 Å². The first-order valence-corrected chi connectivity index (χ1v) is 10.9. The lowest BCUT2D eigenvalue weighted by atomic mass is 10.1. The van der Waals surface area contributed by atoms with Crippen LogP contribution >= 0.6 is 11.3 Å². The summed E-state index contributed by atoms with van der Waals surface area (Å²) in [5.41, 5.74) is 2.08. The Morgan fingerprint density at radius 2 is 1.90 bits per heavy atom. The smallest absolute Gasteiger partial charge is 0.229 e. The van der Waals surface area contributed by atoms with E-state index in [1.807, 2.05) is 48.2 Å². The zero-order valence-electron chi connectivity index (χ0n) is 17.4. The molecule has 3 rings (SSSR count). The predicted molar refractivity (Wildman–Crippen MR) is 121 cm³/mol. The maximum Gasteiger partial charge on any atom is 0.229 e. The molecule has 1 heterocycles. The number of ether oxygens (including phenoxy) is 1. The molecule has 6 heteroatoms. The van der Waals surface area contributed by atoms with Crippen molar-refractivity contribution in [2.75, 3.05) is 38.7 Å². The van der Waals surface area contributed by atoms with Crippen molar-refractivity contribution in [2.45, 2.75) is 26.2 Å². The van der Waals surface area contributed by atoms with Gasteiger partial charge in [-0.25, -0.2) is 4.98 Å². The SMILES string of the molecule is CCOc1ccc2nc(N(CCCN(C)C)C(=O)CCc3ccccc3)sc2c1. The lowest BCUT2D eigenvalue weighted by molar-refractivity contribution is -0.118. The predicted octanol–water partition coefficient (Wildman–Crippen LogP) is 4.61. The number of hydrogen-bond donors (Lipinski definition) is 0. The van der Waals surface area contributed by atoms with Crippen molar-refractivity contribution in [3.05, 3.63) is 54.1 Å². The highest BCUT2D eigenvalue weighted by atomic mass is 32.1. The summed E-state index contributed by atoms with van der Waals surface area (Å²) < 4.78 is 6.64. The third-order valence-corrected chi connectivity index (χ3v) is 5.69. The first kappa shape index (κ1) is 21.3.